The summed E-state index contributed by atoms with van der Waals surface area (Å²) in [6.45, 7) is -0.790. The number of ether oxygens (including phenoxy) is 2. The van der Waals surface area contributed by atoms with Crippen molar-refractivity contribution in [2.24, 2.45) is 0 Å². The molecule has 8 nitrogen and oxygen atoms in total. The van der Waals surface area contributed by atoms with E-state index in [0.29, 0.717) is 17.9 Å². The van der Waals surface area contributed by atoms with Crippen LogP contribution in [0.3, 0.4) is 0 Å². The molecule has 5 rings (SSSR count). The fraction of sp³-hybridized carbons (Fsp3) is 0.438. The number of carbonyl (C=O) groups is 3. The third kappa shape index (κ3) is 2.00. The van der Waals surface area contributed by atoms with Crippen molar-refractivity contribution in [2.45, 2.75) is 16.2 Å². The fourth-order valence-electron chi connectivity index (χ4n) is 3.51. The van der Waals surface area contributed by atoms with Crippen molar-refractivity contribution < 1.29 is 29.0 Å². The lowest BCUT2D eigenvalue weighted by molar-refractivity contribution is -0.149. The van der Waals surface area contributed by atoms with E-state index in [1.165, 1.54) is 38.5 Å². The van der Waals surface area contributed by atoms with Gasteiger partial charge in [-0.25, -0.2) is 4.79 Å². The Kier molecular flexibility index (Phi) is 3.90. The van der Waals surface area contributed by atoms with Crippen LogP contribution in [0.2, 0.25) is 0 Å². The van der Waals surface area contributed by atoms with Crippen LogP contribution < -0.4 is 9.64 Å². The van der Waals surface area contributed by atoms with Gasteiger partial charge in [0.25, 0.3) is 11.8 Å². The highest BCUT2D eigenvalue weighted by molar-refractivity contribution is 8.78. The van der Waals surface area contributed by atoms with Gasteiger partial charge in [0.1, 0.15) is 5.75 Å². The molecule has 1 aromatic rings. The minimum absolute atomic E-state index is 0.231. The maximum absolute atomic E-state index is 13.3. The van der Waals surface area contributed by atoms with Crippen molar-refractivity contribution in [2.75, 3.05) is 32.3 Å². The van der Waals surface area contributed by atoms with Crippen molar-refractivity contribution in [3.05, 3.63) is 23.8 Å². The molecule has 1 N–H and O–H groups in total. The molecule has 2 bridgehead atoms. The summed E-state index contributed by atoms with van der Waals surface area (Å²) in [5.74, 6) is -0.807. The summed E-state index contributed by atoms with van der Waals surface area (Å²) in [5.41, 5.74) is 1.26. The highest BCUT2D eigenvalue weighted by atomic mass is 33.1. The molecule has 1 spiro atoms. The second-order valence-corrected chi connectivity index (χ2v) is 8.89. The number of rotatable bonds is 4. The number of esters is 1. The van der Waals surface area contributed by atoms with Crippen molar-refractivity contribution in [1.29, 1.82) is 0 Å². The number of methoxy groups -OCH3 is 1. The van der Waals surface area contributed by atoms with Gasteiger partial charge in [0.2, 0.25) is 4.87 Å². The second-order valence-electron chi connectivity index (χ2n) is 6.20. The van der Waals surface area contributed by atoms with Crippen LogP contribution in [0.5, 0.6) is 5.75 Å². The number of piperazine rings is 1. The lowest BCUT2D eigenvalue weighted by Crippen LogP contribution is -2.77. The standard InChI is InChI=1S/C16H16N2O6S2/c1-17-13(21)15-6-9-4-3-5-10(24-7-11(20)23-2)12(9)18(15)14(22)16(17,8-19)26-25-15/h3-5,19H,6-8H2,1-2H3/t15-,16+/m1/s1. The molecule has 4 heterocycles. The second kappa shape index (κ2) is 5.80. The predicted molar refractivity (Wildman–Crippen MR) is 95.6 cm³/mol. The highest BCUT2D eigenvalue weighted by Crippen LogP contribution is 2.64. The maximum Gasteiger partial charge on any atom is 0.343 e. The number of anilines is 1. The smallest absolute Gasteiger partial charge is 0.343 e. The van der Waals surface area contributed by atoms with Gasteiger partial charge in [-0.2, -0.15) is 0 Å². The van der Waals surface area contributed by atoms with E-state index in [1.807, 2.05) is 6.07 Å². The van der Waals surface area contributed by atoms with Gasteiger partial charge in [-0.15, -0.1) is 0 Å². The lowest BCUT2D eigenvalue weighted by Gasteiger charge is -2.57. The van der Waals surface area contributed by atoms with Crippen LogP contribution in [0.15, 0.2) is 18.2 Å². The number of aliphatic hydroxyl groups is 1. The molecule has 4 aliphatic heterocycles. The zero-order chi connectivity index (χ0) is 18.7. The van der Waals surface area contributed by atoms with Crippen LogP contribution in [0.4, 0.5) is 5.69 Å². The largest absolute Gasteiger partial charge is 0.480 e. The molecular weight excluding hydrogens is 380 g/mol. The van der Waals surface area contributed by atoms with Crippen LogP contribution in [0.1, 0.15) is 5.56 Å². The molecule has 3 fully saturated rings. The average molecular weight is 396 g/mol. The Balaban J connectivity index is 1.81. The SMILES string of the molecule is COC(=O)COc1cccc2c1N1C(=O)[C@]3(CO)SS[C@]1(C2)C(=O)N3C. The van der Waals surface area contributed by atoms with E-state index in [4.69, 9.17) is 4.74 Å². The van der Waals surface area contributed by atoms with Gasteiger partial charge in [-0.05, 0) is 22.4 Å². The first-order valence-electron chi connectivity index (χ1n) is 7.83. The van der Waals surface area contributed by atoms with E-state index in [2.05, 4.69) is 4.74 Å². The summed E-state index contributed by atoms with van der Waals surface area (Å²) in [5, 5.41) is 9.90. The van der Waals surface area contributed by atoms with Crippen molar-refractivity contribution in [3.8, 4) is 5.75 Å². The molecule has 3 saturated heterocycles. The number of para-hydroxylation sites is 1. The Bertz CT molecular complexity index is 833. The number of carbonyl (C=O) groups excluding carboxylic acids is 3. The van der Waals surface area contributed by atoms with Gasteiger partial charge in [0.05, 0.1) is 19.4 Å². The molecule has 0 saturated carbocycles. The van der Waals surface area contributed by atoms with Gasteiger partial charge in [-0.3, -0.25) is 14.5 Å². The first-order chi connectivity index (χ1) is 12.4. The zero-order valence-corrected chi connectivity index (χ0v) is 15.7. The normalized spacial score (nSPS) is 28.9. The Morgan fingerprint density at radius 2 is 2.08 bits per heavy atom. The molecule has 0 radical (unpaired) electrons. The van der Waals surface area contributed by atoms with Gasteiger partial charge in [0.15, 0.2) is 11.5 Å². The molecule has 26 heavy (non-hydrogen) atoms. The number of fused-ring (bicyclic) bond motifs is 3. The summed E-state index contributed by atoms with van der Waals surface area (Å²) < 4.78 is 10.1. The summed E-state index contributed by atoms with van der Waals surface area (Å²) in [6, 6.07) is 5.23. The predicted octanol–water partition coefficient (Wildman–Crippen LogP) is 0.379. The van der Waals surface area contributed by atoms with Crippen molar-refractivity contribution in [1.82, 2.24) is 4.90 Å². The summed E-state index contributed by atoms with van der Waals surface area (Å²) in [4.78, 5) is 38.1. The minimum atomic E-state index is -1.36. The van der Waals surface area contributed by atoms with E-state index >= 15 is 0 Å². The highest BCUT2D eigenvalue weighted by Gasteiger charge is 2.71. The van der Waals surface area contributed by atoms with E-state index in [0.717, 1.165) is 5.56 Å². The Hall–Kier alpha value is -1.91. The number of benzene rings is 1. The quantitative estimate of drug-likeness (QED) is 0.576. The molecule has 2 amide bonds. The van der Waals surface area contributed by atoms with Gasteiger partial charge in [0, 0.05) is 13.5 Å². The number of hydrogen-bond acceptors (Lipinski definition) is 8. The third-order valence-electron chi connectivity index (χ3n) is 4.92. The number of aliphatic hydroxyl groups excluding tert-OH is 1. The molecule has 0 unspecified atom stereocenters. The van der Waals surface area contributed by atoms with Gasteiger partial charge >= 0.3 is 5.97 Å². The van der Waals surface area contributed by atoms with Crippen LogP contribution >= 0.6 is 21.6 Å². The van der Waals surface area contributed by atoms with Crippen LogP contribution in [-0.2, 0) is 25.5 Å². The van der Waals surface area contributed by atoms with Crippen LogP contribution in [-0.4, -0.2) is 64.9 Å². The van der Waals surface area contributed by atoms with E-state index in [9.17, 15) is 19.5 Å². The molecule has 1 aromatic carbocycles. The van der Waals surface area contributed by atoms with Gasteiger partial charge < -0.3 is 19.5 Å². The van der Waals surface area contributed by atoms with E-state index in [1.54, 1.807) is 19.2 Å². The van der Waals surface area contributed by atoms with Crippen LogP contribution in [0.25, 0.3) is 0 Å². The Morgan fingerprint density at radius 3 is 2.77 bits per heavy atom. The Morgan fingerprint density at radius 1 is 1.31 bits per heavy atom. The summed E-state index contributed by atoms with van der Waals surface area (Å²) in [7, 11) is 5.30. The van der Waals surface area contributed by atoms with E-state index in [-0.39, 0.29) is 18.4 Å². The monoisotopic (exact) mass is 396 g/mol. The number of nitrogens with zero attached hydrogens (tertiary/aromatic N) is 2. The topological polar surface area (TPSA) is 96.4 Å². The average Bonchev–Trinajstić information content (AvgIpc) is 3.01. The van der Waals surface area contributed by atoms with Crippen LogP contribution in [0, 0.1) is 0 Å². The molecule has 4 aliphatic rings. The first-order valence-corrected chi connectivity index (χ1v) is 9.98. The molecule has 2 atom stereocenters. The minimum Gasteiger partial charge on any atom is -0.480 e. The number of likely N-dealkylation sites (N-methyl/N-ethyl adjacent to an activating group) is 1. The molecular formula is C16H16N2O6S2. The van der Waals surface area contributed by atoms with E-state index < -0.39 is 22.3 Å². The third-order valence-corrected chi connectivity index (χ3v) is 8.54. The number of hydrogen-bond donors (Lipinski definition) is 1. The maximum atomic E-state index is 13.3. The number of amides is 2. The Labute approximate surface area is 157 Å². The summed E-state index contributed by atoms with van der Waals surface area (Å²) >= 11 is 0. The first kappa shape index (κ1) is 17.5. The summed E-state index contributed by atoms with van der Waals surface area (Å²) in [6.07, 6.45) is 0.339. The zero-order valence-electron chi connectivity index (χ0n) is 14.1. The molecule has 0 aliphatic carbocycles. The van der Waals surface area contributed by atoms with Crippen molar-refractivity contribution >= 4 is 45.1 Å². The fourth-order valence-corrected chi connectivity index (χ4v) is 7.01. The van der Waals surface area contributed by atoms with Gasteiger partial charge in [-0.1, -0.05) is 22.9 Å². The molecule has 138 valence electrons. The molecule has 0 aromatic heterocycles. The van der Waals surface area contributed by atoms with Crippen molar-refractivity contribution in [3.63, 3.8) is 0 Å². The lowest BCUT2D eigenvalue weighted by atomic mass is 10.0. The molecule has 10 heteroatoms.